The molecule has 0 aliphatic heterocycles. The third kappa shape index (κ3) is 2.61. The average Bonchev–Trinajstić information content (AvgIpc) is 3.17. The minimum absolute atomic E-state index is 0.414. The number of likely N-dealkylation sites (N-methyl/N-ethyl adjacent to an activating group) is 1. The molecule has 1 nitrogen and oxygen atoms in total. The molecular formula is C16H23N. The molecule has 17 heavy (non-hydrogen) atoms. The molecule has 1 aliphatic rings. The second kappa shape index (κ2) is 5.50. The monoisotopic (exact) mass is 229 g/mol. The molecule has 1 aromatic rings. The molecule has 92 valence electrons. The van der Waals surface area contributed by atoms with Gasteiger partial charge in [-0.3, -0.25) is 0 Å². The maximum atomic E-state index is 3.80. The van der Waals surface area contributed by atoms with Crippen LogP contribution in [-0.2, 0) is 5.41 Å². The summed E-state index contributed by atoms with van der Waals surface area (Å²) < 4.78 is 0. The number of nitrogens with one attached hydrogen (secondary N) is 1. The predicted octanol–water partition coefficient (Wildman–Crippen LogP) is 3.66. The molecule has 1 fully saturated rings. The Morgan fingerprint density at radius 2 is 2.06 bits per heavy atom. The standard InChI is InChI=1S/C16H23N/c1-3-4-6-11-15(17-2)16(12-13-16)14-9-7-5-8-10-14/h3,5,7-10,15,17H,1,4,6,11-13H2,2H3. The lowest BCUT2D eigenvalue weighted by molar-refractivity contribution is 0.410. The van der Waals surface area contributed by atoms with E-state index in [4.69, 9.17) is 0 Å². The first-order chi connectivity index (χ1) is 8.33. The van der Waals surface area contributed by atoms with E-state index in [2.05, 4.69) is 49.3 Å². The van der Waals surface area contributed by atoms with E-state index in [1.54, 1.807) is 0 Å². The molecule has 1 heteroatoms. The number of hydrogen-bond donors (Lipinski definition) is 1. The van der Waals surface area contributed by atoms with E-state index < -0.39 is 0 Å². The highest BCUT2D eigenvalue weighted by Gasteiger charge is 2.49. The summed E-state index contributed by atoms with van der Waals surface area (Å²) >= 11 is 0. The van der Waals surface area contributed by atoms with Crippen LogP contribution in [0.25, 0.3) is 0 Å². The van der Waals surface area contributed by atoms with Gasteiger partial charge >= 0.3 is 0 Å². The molecule has 1 aliphatic carbocycles. The molecule has 1 atom stereocenters. The van der Waals surface area contributed by atoms with Gasteiger partial charge in [-0.2, -0.15) is 0 Å². The van der Waals surface area contributed by atoms with E-state index in [1.165, 1.54) is 31.2 Å². The first-order valence-electron chi connectivity index (χ1n) is 6.67. The summed E-state index contributed by atoms with van der Waals surface area (Å²) in [6, 6.07) is 11.6. The van der Waals surface area contributed by atoms with E-state index in [0.29, 0.717) is 11.5 Å². The van der Waals surface area contributed by atoms with Crippen LogP contribution in [0.3, 0.4) is 0 Å². The van der Waals surface area contributed by atoms with Crippen LogP contribution in [-0.4, -0.2) is 13.1 Å². The summed E-state index contributed by atoms with van der Waals surface area (Å²) in [7, 11) is 2.10. The molecule has 0 radical (unpaired) electrons. The predicted molar refractivity (Wildman–Crippen MR) is 74.2 cm³/mol. The molecule has 0 spiro atoms. The second-order valence-corrected chi connectivity index (χ2v) is 5.08. The van der Waals surface area contributed by atoms with E-state index in [0.717, 1.165) is 6.42 Å². The molecule has 0 heterocycles. The quantitative estimate of drug-likeness (QED) is 0.556. The third-order valence-electron chi connectivity index (χ3n) is 4.05. The van der Waals surface area contributed by atoms with E-state index in [9.17, 15) is 0 Å². The summed E-state index contributed by atoms with van der Waals surface area (Å²) in [5.41, 5.74) is 1.93. The van der Waals surface area contributed by atoms with Crippen LogP contribution in [0.15, 0.2) is 43.0 Å². The van der Waals surface area contributed by atoms with Gasteiger partial charge in [0.2, 0.25) is 0 Å². The van der Waals surface area contributed by atoms with Crippen LogP contribution in [0.4, 0.5) is 0 Å². The van der Waals surface area contributed by atoms with Gasteiger partial charge in [-0.15, -0.1) is 6.58 Å². The fraction of sp³-hybridized carbons (Fsp3) is 0.500. The lowest BCUT2D eigenvalue weighted by Crippen LogP contribution is -2.37. The van der Waals surface area contributed by atoms with Crippen molar-refractivity contribution in [1.29, 1.82) is 0 Å². The molecule has 0 bridgehead atoms. The minimum atomic E-state index is 0.414. The van der Waals surface area contributed by atoms with E-state index >= 15 is 0 Å². The topological polar surface area (TPSA) is 12.0 Å². The molecule has 1 aromatic carbocycles. The Kier molecular flexibility index (Phi) is 4.01. The maximum absolute atomic E-state index is 3.80. The molecule has 1 saturated carbocycles. The van der Waals surface area contributed by atoms with Crippen molar-refractivity contribution < 1.29 is 0 Å². The highest BCUT2D eigenvalue weighted by atomic mass is 14.9. The van der Waals surface area contributed by atoms with Crippen LogP contribution in [0, 0.1) is 0 Å². The van der Waals surface area contributed by atoms with Crippen LogP contribution >= 0.6 is 0 Å². The fourth-order valence-corrected chi connectivity index (χ4v) is 2.91. The van der Waals surface area contributed by atoms with Crippen molar-refractivity contribution in [1.82, 2.24) is 5.32 Å². The van der Waals surface area contributed by atoms with Gasteiger partial charge in [0.05, 0.1) is 0 Å². The largest absolute Gasteiger partial charge is 0.316 e. The van der Waals surface area contributed by atoms with Crippen molar-refractivity contribution in [2.75, 3.05) is 7.05 Å². The molecule has 0 amide bonds. The highest BCUT2D eigenvalue weighted by Crippen LogP contribution is 2.51. The summed E-state index contributed by atoms with van der Waals surface area (Å²) in [6.45, 7) is 3.80. The van der Waals surface area contributed by atoms with Gasteiger partial charge in [0.15, 0.2) is 0 Å². The van der Waals surface area contributed by atoms with Crippen molar-refractivity contribution in [3.05, 3.63) is 48.6 Å². The molecule has 2 rings (SSSR count). The Morgan fingerprint density at radius 3 is 2.59 bits per heavy atom. The number of rotatable bonds is 7. The van der Waals surface area contributed by atoms with Gasteiger partial charge in [-0.1, -0.05) is 36.4 Å². The third-order valence-corrected chi connectivity index (χ3v) is 4.05. The Bertz CT molecular complexity index is 351. The normalized spacial score (nSPS) is 18.6. The number of allylic oxidation sites excluding steroid dienone is 1. The Hall–Kier alpha value is -1.08. The first-order valence-corrected chi connectivity index (χ1v) is 6.67. The zero-order valence-electron chi connectivity index (χ0n) is 10.8. The zero-order valence-corrected chi connectivity index (χ0v) is 10.8. The fourth-order valence-electron chi connectivity index (χ4n) is 2.91. The van der Waals surface area contributed by atoms with Gasteiger partial charge in [-0.25, -0.2) is 0 Å². The van der Waals surface area contributed by atoms with Gasteiger partial charge in [0.1, 0.15) is 0 Å². The Morgan fingerprint density at radius 1 is 1.35 bits per heavy atom. The number of benzene rings is 1. The Balaban J connectivity index is 2.05. The van der Waals surface area contributed by atoms with Gasteiger partial charge in [0.25, 0.3) is 0 Å². The molecule has 1 N–H and O–H groups in total. The smallest absolute Gasteiger partial charge is 0.0161 e. The lowest BCUT2D eigenvalue weighted by Gasteiger charge is -2.27. The van der Waals surface area contributed by atoms with E-state index in [-0.39, 0.29) is 0 Å². The molecule has 1 unspecified atom stereocenters. The van der Waals surface area contributed by atoms with Crippen LogP contribution < -0.4 is 5.32 Å². The van der Waals surface area contributed by atoms with Gasteiger partial charge in [0, 0.05) is 11.5 Å². The molecular weight excluding hydrogens is 206 g/mol. The molecule has 0 aromatic heterocycles. The van der Waals surface area contributed by atoms with Crippen LogP contribution in [0.1, 0.15) is 37.7 Å². The highest BCUT2D eigenvalue weighted by molar-refractivity contribution is 5.33. The van der Waals surface area contributed by atoms with Crippen LogP contribution in [0.2, 0.25) is 0 Å². The van der Waals surface area contributed by atoms with Crippen molar-refractivity contribution in [2.24, 2.45) is 0 Å². The number of hydrogen-bond acceptors (Lipinski definition) is 1. The van der Waals surface area contributed by atoms with Crippen molar-refractivity contribution >= 4 is 0 Å². The Labute approximate surface area is 105 Å². The SMILES string of the molecule is C=CCCCC(NC)C1(c2ccccc2)CC1. The number of unbranched alkanes of at least 4 members (excludes halogenated alkanes) is 1. The second-order valence-electron chi connectivity index (χ2n) is 5.08. The summed E-state index contributed by atoms with van der Waals surface area (Å²) in [5, 5.41) is 3.53. The molecule has 0 saturated heterocycles. The van der Waals surface area contributed by atoms with Crippen molar-refractivity contribution in [2.45, 2.75) is 43.6 Å². The summed E-state index contributed by atoms with van der Waals surface area (Å²) in [6.07, 6.45) is 8.30. The average molecular weight is 229 g/mol. The zero-order chi connectivity index (χ0) is 12.1. The van der Waals surface area contributed by atoms with Gasteiger partial charge in [-0.05, 0) is 44.7 Å². The van der Waals surface area contributed by atoms with Crippen molar-refractivity contribution in [3.8, 4) is 0 Å². The maximum Gasteiger partial charge on any atom is 0.0161 e. The van der Waals surface area contributed by atoms with Gasteiger partial charge < -0.3 is 5.32 Å². The van der Waals surface area contributed by atoms with Crippen molar-refractivity contribution in [3.63, 3.8) is 0 Å². The summed E-state index contributed by atoms with van der Waals surface area (Å²) in [4.78, 5) is 0. The van der Waals surface area contributed by atoms with E-state index in [1.807, 2.05) is 6.08 Å². The van der Waals surface area contributed by atoms with Crippen LogP contribution in [0.5, 0.6) is 0 Å². The lowest BCUT2D eigenvalue weighted by atomic mass is 9.85. The summed E-state index contributed by atoms with van der Waals surface area (Å²) in [5.74, 6) is 0. The first kappa shape index (κ1) is 12.4. The minimum Gasteiger partial charge on any atom is -0.316 e.